The van der Waals surface area contributed by atoms with Crippen LogP contribution < -0.4 is 0 Å². The molecule has 0 spiro atoms. The molecule has 0 unspecified atom stereocenters. The molecule has 1 saturated carbocycles. The van der Waals surface area contributed by atoms with Gasteiger partial charge in [-0.15, -0.1) is 0 Å². The molecule has 0 saturated heterocycles. The van der Waals surface area contributed by atoms with Crippen LogP contribution in [0.15, 0.2) is 30.3 Å². The highest BCUT2D eigenvalue weighted by molar-refractivity contribution is 5.34. The predicted molar refractivity (Wildman–Crippen MR) is 49.4 cm³/mol. The number of hydrogen-bond donors (Lipinski definition) is 1. The van der Waals surface area contributed by atoms with Crippen LogP contribution in [-0.2, 0) is 5.41 Å². The molecule has 1 aliphatic carbocycles. The Hall–Kier alpha value is -0.960. The standard InChI is InChI=1S/C11H12F2O/c12-11(13,8-14)10(6-7-10)9-4-2-1-3-5-9/h1-5,14H,6-8H2. The minimum atomic E-state index is -2.99. The zero-order valence-corrected chi connectivity index (χ0v) is 7.71. The molecule has 0 aromatic heterocycles. The highest BCUT2D eigenvalue weighted by Crippen LogP contribution is 2.57. The third-order valence-corrected chi connectivity index (χ3v) is 2.98. The number of benzene rings is 1. The van der Waals surface area contributed by atoms with E-state index < -0.39 is 17.9 Å². The SMILES string of the molecule is OCC(F)(F)C1(c2ccccc2)CC1. The monoisotopic (exact) mass is 198 g/mol. The van der Waals surface area contributed by atoms with Crippen molar-refractivity contribution >= 4 is 0 Å². The van der Waals surface area contributed by atoms with E-state index in [2.05, 4.69) is 0 Å². The molecule has 1 aromatic rings. The van der Waals surface area contributed by atoms with Crippen molar-refractivity contribution < 1.29 is 13.9 Å². The Labute approximate surface area is 81.4 Å². The molecular formula is C11H12F2O. The number of aliphatic hydroxyl groups is 1. The average molecular weight is 198 g/mol. The van der Waals surface area contributed by atoms with Gasteiger partial charge in [-0.25, -0.2) is 8.78 Å². The zero-order chi connectivity index (χ0) is 10.2. The van der Waals surface area contributed by atoms with E-state index >= 15 is 0 Å². The van der Waals surface area contributed by atoms with Crippen LogP contribution in [0.5, 0.6) is 0 Å². The van der Waals surface area contributed by atoms with E-state index in [-0.39, 0.29) is 0 Å². The molecule has 0 radical (unpaired) electrons. The fourth-order valence-corrected chi connectivity index (χ4v) is 1.90. The minimum absolute atomic E-state index is 0.463. The summed E-state index contributed by atoms with van der Waals surface area (Å²) >= 11 is 0. The van der Waals surface area contributed by atoms with Crippen LogP contribution in [0, 0.1) is 0 Å². The van der Waals surface area contributed by atoms with Crippen molar-refractivity contribution in [2.45, 2.75) is 24.2 Å². The van der Waals surface area contributed by atoms with E-state index in [1.54, 1.807) is 30.3 Å². The van der Waals surface area contributed by atoms with E-state index in [0.717, 1.165) is 0 Å². The highest BCUT2D eigenvalue weighted by Gasteiger charge is 2.62. The Morgan fingerprint density at radius 2 is 1.79 bits per heavy atom. The van der Waals surface area contributed by atoms with Crippen LogP contribution in [0.3, 0.4) is 0 Å². The zero-order valence-electron chi connectivity index (χ0n) is 7.71. The van der Waals surface area contributed by atoms with Gasteiger partial charge in [0.05, 0.1) is 5.41 Å². The van der Waals surface area contributed by atoms with Crippen LogP contribution >= 0.6 is 0 Å². The van der Waals surface area contributed by atoms with Gasteiger partial charge in [0, 0.05) is 0 Å². The second-order valence-corrected chi connectivity index (χ2v) is 3.81. The Morgan fingerprint density at radius 1 is 1.21 bits per heavy atom. The Morgan fingerprint density at radius 3 is 2.21 bits per heavy atom. The number of halogens is 2. The molecule has 1 aromatic carbocycles. The smallest absolute Gasteiger partial charge is 0.280 e. The Kier molecular flexibility index (Phi) is 2.07. The van der Waals surface area contributed by atoms with E-state index in [0.29, 0.717) is 18.4 Å². The average Bonchev–Trinajstić information content (AvgIpc) is 3.00. The Balaban J connectivity index is 2.35. The van der Waals surface area contributed by atoms with E-state index in [4.69, 9.17) is 5.11 Å². The summed E-state index contributed by atoms with van der Waals surface area (Å²) in [5.41, 5.74) is -0.456. The van der Waals surface area contributed by atoms with Gasteiger partial charge in [-0.05, 0) is 18.4 Å². The number of aliphatic hydroxyl groups excluding tert-OH is 1. The Bertz CT molecular complexity index is 317. The normalized spacial score (nSPS) is 19.4. The first-order valence-electron chi connectivity index (χ1n) is 4.67. The van der Waals surface area contributed by atoms with Crippen molar-refractivity contribution in [3.8, 4) is 0 Å². The highest BCUT2D eigenvalue weighted by atomic mass is 19.3. The fraction of sp³-hybridized carbons (Fsp3) is 0.455. The summed E-state index contributed by atoms with van der Waals surface area (Å²) in [6, 6.07) is 8.72. The van der Waals surface area contributed by atoms with Gasteiger partial charge in [0.15, 0.2) is 0 Å². The lowest BCUT2D eigenvalue weighted by Crippen LogP contribution is -2.37. The number of rotatable bonds is 3. The molecule has 2 rings (SSSR count). The largest absolute Gasteiger partial charge is 0.390 e. The van der Waals surface area contributed by atoms with E-state index in [1.807, 2.05) is 0 Å². The lowest BCUT2D eigenvalue weighted by atomic mass is 9.89. The van der Waals surface area contributed by atoms with Gasteiger partial charge >= 0.3 is 0 Å². The summed E-state index contributed by atoms with van der Waals surface area (Å²) in [6.45, 7) is -1.07. The molecule has 76 valence electrons. The maximum atomic E-state index is 13.4. The summed E-state index contributed by atoms with van der Waals surface area (Å²) in [5.74, 6) is -2.99. The first kappa shape index (κ1) is 9.59. The van der Waals surface area contributed by atoms with Crippen molar-refractivity contribution in [3.05, 3.63) is 35.9 Å². The lowest BCUT2D eigenvalue weighted by molar-refractivity contribution is -0.0824. The minimum Gasteiger partial charge on any atom is -0.390 e. The third kappa shape index (κ3) is 1.23. The summed E-state index contributed by atoms with van der Waals surface area (Å²) in [4.78, 5) is 0. The van der Waals surface area contributed by atoms with Crippen molar-refractivity contribution in [2.75, 3.05) is 6.61 Å². The van der Waals surface area contributed by atoms with Gasteiger partial charge in [0.25, 0.3) is 5.92 Å². The van der Waals surface area contributed by atoms with Gasteiger partial charge in [0.1, 0.15) is 6.61 Å². The molecule has 1 fully saturated rings. The van der Waals surface area contributed by atoms with E-state index in [1.165, 1.54) is 0 Å². The first-order valence-corrected chi connectivity index (χ1v) is 4.67. The number of hydrogen-bond acceptors (Lipinski definition) is 1. The van der Waals surface area contributed by atoms with Crippen LogP contribution in [-0.4, -0.2) is 17.6 Å². The summed E-state index contributed by atoms with van der Waals surface area (Å²) in [5, 5.41) is 8.68. The summed E-state index contributed by atoms with van der Waals surface area (Å²) in [7, 11) is 0. The quantitative estimate of drug-likeness (QED) is 0.790. The second kappa shape index (κ2) is 3.02. The van der Waals surface area contributed by atoms with Crippen LogP contribution in [0.2, 0.25) is 0 Å². The van der Waals surface area contributed by atoms with Crippen LogP contribution in [0.25, 0.3) is 0 Å². The molecule has 14 heavy (non-hydrogen) atoms. The van der Waals surface area contributed by atoms with E-state index in [9.17, 15) is 8.78 Å². The molecule has 3 heteroatoms. The lowest BCUT2D eigenvalue weighted by Gasteiger charge is -2.25. The molecule has 0 bridgehead atoms. The van der Waals surface area contributed by atoms with Gasteiger partial charge < -0.3 is 5.11 Å². The van der Waals surface area contributed by atoms with Crippen molar-refractivity contribution in [2.24, 2.45) is 0 Å². The first-order chi connectivity index (χ1) is 6.62. The van der Waals surface area contributed by atoms with Gasteiger partial charge in [-0.1, -0.05) is 30.3 Å². The molecule has 0 atom stereocenters. The molecule has 0 amide bonds. The topological polar surface area (TPSA) is 20.2 Å². The maximum Gasteiger partial charge on any atom is 0.280 e. The van der Waals surface area contributed by atoms with Gasteiger partial charge in [-0.3, -0.25) is 0 Å². The number of alkyl halides is 2. The van der Waals surface area contributed by atoms with Crippen molar-refractivity contribution in [1.82, 2.24) is 0 Å². The molecular weight excluding hydrogens is 186 g/mol. The van der Waals surface area contributed by atoms with Crippen molar-refractivity contribution in [3.63, 3.8) is 0 Å². The van der Waals surface area contributed by atoms with Crippen molar-refractivity contribution in [1.29, 1.82) is 0 Å². The third-order valence-electron chi connectivity index (χ3n) is 2.98. The fourth-order valence-electron chi connectivity index (χ4n) is 1.90. The molecule has 0 aliphatic heterocycles. The summed E-state index contributed by atoms with van der Waals surface area (Å²) in [6.07, 6.45) is 0.926. The maximum absolute atomic E-state index is 13.4. The molecule has 1 N–H and O–H groups in total. The molecule has 0 heterocycles. The summed E-state index contributed by atoms with van der Waals surface area (Å²) < 4.78 is 26.9. The van der Waals surface area contributed by atoms with Gasteiger partial charge in [0.2, 0.25) is 0 Å². The van der Waals surface area contributed by atoms with Gasteiger partial charge in [-0.2, -0.15) is 0 Å². The predicted octanol–water partition coefficient (Wildman–Crippen LogP) is 2.35. The molecule has 1 nitrogen and oxygen atoms in total. The van der Waals surface area contributed by atoms with Crippen LogP contribution in [0.4, 0.5) is 8.78 Å². The second-order valence-electron chi connectivity index (χ2n) is 3.81. The van der Waals surface area contributed by atoms with Crippen LogP contribution in [0.1, 0.15) is 18.4 Å². The molecule has 1 aliphatic rings.